The Hall–Kier alpha value is -4.68. The Kier molecular flexibility index (Phi) is 7.19. The normalized spacial score (nSPS) is 14.7. The van der Waals surface area contributed by atoms with Gasteiger partial charge >= 0.3 is 5.97 Å². The van der Waals surface area contributed by atoms with Gasteiger partial charge in [-0.1, -0.05) is 41.4 Å². The number of carbonyl (C=O) groups excluding carboxylic acids is 4. The van der Waals surface area contributed by atoms with E-state index in [4.69, 9.17) is 27.9 Å². The van der Waals surface area contributed by atoms with Gasteiger partial charge in [0, 0.05) is 17.2 Å². The van der Waals surface area contributed by atoms with Crippen molar-refractivity contribution in [3.8, 4) is 0 Å². The van der Waals surface area contributed by atoms with Crippen LogP contribution >= 0.6 is 23.2 Å². The monoisotopic (exact) mass is 557 g/mol. The van der Waals surface area contributed by atoms with Crippen LogP contribution in [0.2, 0.25) is 10.0 Å². The SMILES string of the molecule is O=C(Nc1ccc([N+](=O)[O-])cc1[N+](=O)[O-])C(=O)[C@H](C(=O)c1ccc(Cl)c(Cl)c1)[C@H]1OC(=O)c2ccccc21. The fourth-order valence-electron chi connectivity index (χ4n) is 3.86. The van der Waals surface area contributed by atoms with E-state index in [9.17, 15) is 39.4 Å². The van der Waals surface area contributed by atoms with Gasteiger partial charge in [0.2, 0.25) is 5.78 Å². The van der Waals surface area contributed by atoms with Gasteiger partial charge < -0.3 is 10.1 Å². The maximum Gasteiger partial charge on any atom is 0.339 e. The molecule has 1 N–H and O–H groups in total. The number of non-ortho nitro benzene ring substituents is 1. The number of nitro benzene ring substituents is 2. The van der Waals surface area contributed by atoms with Crippen LogP contribution in [-0.4, -0.2) is 33.3 Å². The molecule has 192 valence electrons. The van der Waals surface area contributed by atoms with Gasteiger partial charge in [-0.3, -0.25) is 34.6 Å². The smallest absolute Gasteiger partial charge is 0.339 e. The Morgan fingerprint density at radius 2 is 1.63 bits per heavy atom. The van der Waals surface area contributed by atoms with E-state index in [0.29, 0.717) is 6.07 Å². The van der Waals surface area contributed by atoms with Crippen LogP contribution in [-0.2, 0) is 14.3 Å². The summed E-state index contributed by atoms with van der Waals surface area (Å²) in [6, 6.07) is 12.1. The molecule has 3 aromatic rings. The van der Waals surface area contributed by atoms with E-state index in [1.54, 1.807) is 12.1 Å². The third-order valence-corrected chi connectivity index (χ3v) is 6.39. The minimum atomic E-state index is -1.91. The minimum absolute atomic E-state index is 0.0153. The van der Waals surface area contributed by atoms with Crippen LogP contribution < -0.4 is 5.32 Å². The van der Waals surface area contributed by atoms with Crippen LogP contribution in [0.25, 0.3) is 0 Å². The molecule has 0 fully saturated rings. The number of anilines is 1. The minimum Gasteiger partial charge on any atom is -0.453 e. The first-order valence-electron chi connectivity index (χ1n) is 10.6. The molecule has 0 saturated heterocycles. The molecule has 0 aromatic heterocycles. The number of ether oxygens (including phenoxy) is 1. The number of esters is 1. The maximum absolute atomic E-state index is 13.5. The van der Waals surface area contributed by atoms with Gasteiger partial charge in [-0.05, 0) is 30.3 Å². The zero-order valence-corrected chi connectivity index (χ0v) is 20.3. The molecule has 14 heteroatoms. The zero-order chi connectivity index (χ0) is 27.7. The third-order valence-electron chi connectivity index (χ3n) is 5.65. The highest BCUT2D eigenvalue weighted by molar-refractivity contribution is 6.46. The highest BCUT2D eigenvalue weighted by atomic mass is 35.5. The number of hydrogen-bond acceptors (Lipinski definition) is 9. The molecule has 1 heterocycles. The van der Waals surface area contributed by atoms with Gasteiger partial charge in [-0.15, -0.1) is 0 Å². The molecule has 0 saturated carbocycles. The molecule has 0 bridgehead atoms. The average molecular weight is 558 g/mol. The van der Waals surface area contributed by atoms with Crippen molar-refractivity contribution in [3.63, 3.8) is 0 Å². The van der Waals surface area contributed by atoms with Crippen LogP contribution in [0, 0.1) is 26.1 Å². The summed E-state index contributed by atoms with van der Waals surface area (Å²) in [5, 5.41) is 24.5. The first-order chi connectivity index (χ1) is 18.0. The fourth-order valence-corrected chi connectivity index (χ4v) is 4.16. The van der Waals surface area contributed by atoms with E-state index in [2.05, 4.69) is 0 Å². The Morgan fingerprint density at radius 3 is 2.29 bits per heavy atom. The average Bonchev–Trinajstić information content (AvgIpc) is 3.21. The number of nitrogens with one attached hydrogen (secondary N) is 1. The van der Waals surface area contributed by atoms with Gasteiger partial charge in [-0.2, -0.15) is 0 Å². The molecule has 1 aliphatic rings. The highest BCUT2D eigenvalue weighted by Gasteiger charge is 2.46. The van der Waals surface area contributed by atoms with E-state index >= 15 is 0 Å². The molecule has 1 aliphatic heterocycles. The predicted octanol–water partition coefficient (Wildman–Crippen LogP) is 4.73. The van der Waals surface area contributed by atoms with Crippen molar-refractivity contribution in [2.45, 2.75) is 6.10 Å². The number of ketones is 2. The Balaban J connectivity index is 1.74. The predicted molar refractivity (Wildman–Crippen MR) is 132 cm³/mol. The number of fused-ring (bicyclic) bond motifs is 1. The van der Waals surface area contributed by atoms with Crippen LogP contribution in [0.4, 0.5) is 17.1 Å². The first-order valence-corrected chi connectivity index (χ1v) is 11.3. The van der Waals surface area contributed by atoms with E-state index in [0.717, 1.165) is 12.1 Å². The van der Waals surface area contributed by atoms with Gasteiger partial charge in [-0.25, -0.2) is 4.79 Å². The molecule has 2 atom stereocenters. The van der Waals surface area contributed by atoms with E-state index in [-0.39, 0.29) is 26.7 Å². The standard InChI is InChI=1S/C24H13Cl2N3O9/c25-15-7-5-11(9-16(15)26)20(30)19(22-13-3-1-2-4-14(13)24(33)38-22)21(31)23(32)27-17-8-6-12(28(34)35)10-18(17)29(36)37/h1-10,19,22H,(H,27,32)/t19-,22-/m0/s1. The molecule has 4 rings (SSSR count). The van der Waals surface area contributed by atoms with Crippen molar-refractivity contribution >= 4 is 63.7 Å². The van der Waals surface area contributed by atoms with Crippen LogP contribution in [0.3, 0.4) is 0 Å². The van der Waals surface area contributed by atoms with Crippen LogP contribution in [0.1, 0.15) is 32.4 Å². The van der Waals surface area contributed by atoms with Gasteiger partial charge in [0.1, 0.15) is 17.7 Å². The second-order valence-corrected chi connectivity index (χ2v) is 8.73. The summed E-state index contributed by atoms with van der Waals surface area (Å²) in [5.41, 5.74) is -1.86. The van der Waals surface area contributed by atoms with Crippen LogP contribution in [0.15, 0.2) is 60.7 Å². The first kappa shape index (κ1) is 26.4. The maximum atomic E-state index is 13.5. The lowest BCUT2D eigenvalue weighted by Gasteiger charge is -2.21. The number of carbonyl (C=O) groups is 4. The molecule has 3 aromatic carbocycles. The lowest BCUT2D eigenvalue weighted by molar-refractivity contribution is -0.393. The van der Waals surface area contributed by atoms with Crippen molar-refractivity contribution in [3.05, 3.63) is 108 Å². The number of benzene rings is 3. The molecule has 38 heavy (non-hydrogen) atoms. The summed E-state index contributed by atoms with van der Waals surface area (Å²) in [5.74, 6) is -6.51. The zero-order valence-electron chi connectivity index (χ0n) is 18.8. The van der Waals surface area contributed by atoms with Crippen molar-refractivity contribution in [1.29, 1.82) is 0 Å². The number of hydrogen-bond donors (Lipinski definition) is 1. The highest BCUT2D eigenvalue weighted by Crippen LogP contribution is 2.39. The van der Waals surface area contributed by atoms with Crippen LogP contribution in [0.5, 0.6) is 0 Å². The second-order valence-electron chi connectivity index (χ2n) is 7.92. The largest absolute Gasteiger partial charge is 0.453 e. The molecule has 0 unspecified atom stereocenters. The fraction of sp³-hybridized carbons (Fsp3) is 0.0833. The quantitative estimate of drug-likeness (QED) is 0.102. The summed E-state index contributed by atoms with van der Waals surface area (Å²) < 4.78 is 5.31. The van der Waals surface area contributed by atoms with Gasteiger partial charge in [0.05, 0.1) is 31.5 Å². The topological polar surface area (TPSA) is 176 Å². The number of cyclic esters (lactones) is 1. The molecule has 1 amide bonds. The molecule has 0 aliphatic carbocycles. The Morgan fingerprint density at radius 1 is 0.921 bits per heavy atom. The number of rotatable bonds is 8. The lowest BCUT2D eigenvalue weighted by atomic mass is 9.84. The Bertz CT molecular complexity index is 1560. The van der Waals surface area contributed by atoms with Crippen molar-refractivity contribution in [2.24, 2.45) is 5.92 Å². The summed E-state index contributed by atoms with van der Waals surface area (Å²) in [7, 11) is 0. The van der Waals surface area contributed by atoms with Gasteiger partial charge in [0.25, 0.3) is 17.3 Å². The van der Waals surface area contributed by atoms with E-state index in [1.807, 2.05) is 5.32 Å². The van der Waals surface area contributed by atoms with E-state index < -0.39 is 62.4 Å². The molecule has 0 radical (unpaired) electrons. The number of nitrogens with zero attached hydrogens (tertiary/aromatic N) is 2. The van der Waals surface area contributed by atoms with Crippen molar-refractivity contribution in [1.82, 2.24) is 0 Å². The molecule has 12 nitrogen and oxygen atoms in total. The summed E-state index contributed by atoms with van der Waals surface area (Å²) in [6.45, 7) is 0. The summed E-state index contributed by atoms with van der Waals surface area (Å²) in [6.07, 6.45) is -1.49. The Labute approximate surface area is 222 Å². The lowest BCUT2D eigenvalue weighted by Crippen LogP contribution is -2.38. The third kappa shape index (κ3) is 4.94. The number of Topliss-reactive ketones (excluding diaryl/α,β-unsaturated/α-hetero) is 2. The van der Waals surface area contributed by atoms with Crippen molar-refractivity contribution in [2.75, 3.05) is 5.32 Å². The summed E-state index contributed by atoms with van der Waals surface area (Å²) in [4.78, 5) is 72.9. The number of nitro groups is 2. The second kappa shape index (κ2) is 10.4. The van der Waals surface area contributed by atoms with Crippen molar-refractivity contribution < 1.29 is 33.8 Å². The molecular formula is C24H13Cl2N3O9. The van der Waals surface area contributed by atoms with E-state index in [1.165, 1.54) is 30.3 Å². The molecule has 0 spiro atoms. The number of halogens is 2. The van der Waals surface area contributed by atoms with Gasteiger partial charge in [0.15, 0.2) is 5.78 Å². The summed E-state index contributed by atoms with van der Waals surface area (Å²) >= 11 is 11.9. The number of amides is 1. The molecular weight excluding hydrogens is 545 g/mol.